The molecule has 0 saturated heterocycles. The van der Waals surface area contributed by atoms with Crippen LogP contribution >= 0.6 is 0 Å². The smallest absolute Gasteiger partial charge is 0.278 e. The molecule has 0 aliphatic carbocycles. The summed E-state index contributed by atoms with van der Waals surface area (Å²) in [5, 5.41) is 14.6. The molecule has 0 atom stereocenters. The van der Waals surface area contributed by atoms with Gasteiger partial charge >= 0.3 is 0 Å². The summed E-state index contributed by atoms with van der Waals surface area (Å²) in [6.07, 6.45) is 1.12. The third-order valence-electron chi connectivity index (χ3n) is 3.97. The van der Waals surface area contributed by atoms with E-state index in [0.29, 0.717) is 11.3 Å². The molecular weight excluding hydrogens is 400 g/mol. The van der Waals surface area contributed by atoms with Crippen LogP contribution in [0, 0.1) is 17.0 Å². The number of methoxy groups -OCH3 is 1. The molecule has 2 aromatic rings. The summed E-state index contributed by atoms with van der Waals surface area (Å²) in [4.78, 5) is 22.4. The van der Waals surface area contributed by atoms with E-state index in [0.717, 1.165) is 10.5 Å². The molecule has 1 amide bonds. The Labute approximate surface area is 168 Å². The van der Waals surface area contributed by atoms with Crippen LogP contribution in [-0.2, 0) is 14.8 Å². The predicted octanol–water partition coefficient (Wildman–Crippen LogP) is 1.68. The van der Waals surface area contributed by atoms with Gasteiger partial charge in [0.05, 0.1) is 35.3 Å². The van der Waals surface area contributed by atoms with E-state index in [9.17, 15) is 23.3 Å². The second-order valence-corrected chi connectivity index (χ2v) is 8.05. The van der Waals surface area contributed by atoms with Crippen molar-refractivity contribution in [3.8, 4) is 5.75 Å². The van der Waals surface area contributed by atoms with E-state index in [4.69, 9.17) is 4.74 Å². The first kappa shape index (κ1) is 22.0. The Hall–Kier alpha value is -3.31. The molecule has 0 fully saturated rings. The average Bonchev–Trinajstić information content (AvgIpc) is 2.68. The number of carbonyl (C=O) groups excluding carboxylic acids is 1. The van der Waals surface area contributed by atoms with Crippen molar-refractivity contribution in [2.24, 2.45) is 5.10 Å². The van der Waals surface area contributed by atoms with Crippen molar-refractivity contribution in [1.29, 1.82) is 0 Å². The third kappa shape index (κ3) is 5.36. The molecule has 0 spiro atoms. The highest BCUT2D eigenvalue weighted by molar-refractivity contribution is 7.89. The molecule has 0 heterocycles. The van der Waals surface area contributed by atoms with Gasteiger partial charge in [0, 0.05) is 13.1 Å². The molecule has 0 radical (unpaired) electrons. The van der Waals surface area contributed by atoms with Gasteiger partial charge in [-0.1, -0.05) is 12.1 Å². The quantitative estimate of drug-likeness (QED) is 0.393. The second-order valence-electron chi connectivity index (χ2n) is 6.00. The Morgan fingerprint density at radius 3 is 2.62 bits per heavy atom. The lowest BCUT2D eigenvalue weighted by atomic mass is 10.2. The van der Waals surface area contributed by atoms with E-state index < -0.39 is 27.4 Å². The molecule has 0 aromatic heterocycles. The first-order valence-electron chi connectivity index (χ1n) is 8.33. The minimum atomic E-state index is -3.90. The number of nitrogens with one attached hydrogen (secondary N) is 1. The van der Waals surface area contributed by atoms with Gasteiger partial charge in [-0.2, -0.15) is 9.41 Å². The number of ether oxygens (including phenoxy) is 1. The van der Waals surface area contributed by atoms with Crippen LogP contribution < -0.4 is 10.2 Å². The summed E-state index contributed by atoms with van der Waals surface area (Å²) in [5.74, 6) is -0.148. The molecule has 0 saturated carbocycles. The fraction of sp³-hybridized carbons (Fsp3) is 0.222. The number of amides is 1. The number of hydrazone groups is 1. The number of benzene rings is 2. The van der Waals surface area contributed by atoms with Crippen LogP contribution in [0.25, 0.3) is 0 Å². The van der Waals surface area contributed by atoms with Gasteiger partial charge in [0.25, 0.3) is 11.6 Å². The molecule has 11 heteroatoms. The van der Waals surface area contributed by atoms with E-state index in [-0.39, 0.29) is 16.1 Å². The number of nitro benzene ring substituents is 1. The van der Waals surface area contributed by atoms with Gasteiger partial charge in [-0.05, 0) is 36.8 Å². The highest BCUT2D eigenvalue weighted by atomic mass is 32.2. The van der Waals surface area contributed by atoms with E-state index in [2.05, 4.69) is 10.5 Å². The molecule has 2 aromatic carbocycles. The Kier molecular flexibility index (Phi) is 7.02. The van der Waals surface area contributed by atoms with Crippen LogP contribution in [0.5, 0.6) is 5.75 Å². The number of sulfonamides is 1. The van der Waals surface area contributed by atoms with Crippen LogP contribution in [0.3, 0.4) is 0 Å². The number of carbonyl (C=O) groups is 1. The Morgan fingerprint density at radius 1 is 1.31 bits per heavy atom. The molecule has 10 nitrogen and oxygen atoms in total. The van der Waals surface area contributed by atoms with Gasteiger partial charge in [0.15, 0.2) is 0 Å². The van der Waals surface area contributed by atoms with Crippen molar-refractivity contribution in [2.75, 3.05) is 20.7 Å². The summed E-state index contributed by atoms with van der Waals surface area (Å²) < 4.78 is 31.2. The van der Waals surface area contributed by atoms with Crippen molar-refractivity contribution >= 4 is 27.8 Å². The number of para-hydroxylation sites is 1. The normalized spacial score (nSPS) is 11.6. The second kappa shape index (κ2) is 9.26. The SMILES string of the molecule is COc1ccc(S(=O)(=O)N(C)CC(=O)N/N=C\c2ccccc2[N+](=O)[O-])cc1C. The zero-order valence-electron chi connectivity index (χ0n) is 16.0. The van der Waals surface area contributed by atoms with E-state index in [1.165, 1.54) is 50.6 Å². The minimum absolute atomic E-state index is 0.0227. The number of hydrogen-bond donors (Lipinski definition) is 1. The number of hydrogen-bond acceptors (Lipinski definition) is 7. The molecule has 0 bridgehead atoms. The van der Waals surface area contributed by atoms with E-state index in [1.54, 1.807) is 13.0 Å². The zero-order valence-corrected chi connectivity index (χ0v) is 16.8. The van der Waals surface area contributed by atoms with Gasteiger partial charge in [0.1, 0.15) is 5.75 Å². The minimum Gasteiger partial charge on any atom is -0.496 e. The average molecular weight is 420 g/mol. The number of nitro groups is 1. The fourth-order valence-electron chi connectivity index (χ4n) is 2.45. The van der Waals surface area contributed by atoms with Gasteiger partial charge in [-0.25, -0.2) is 13.8 Å². The maximum Gasteiger partial charge on any atom is 0.278 e. The first-order valence-corrected chi connectivity index (χ1v) is 9.77. The molecule has 0 unspecified atom stereocenters. The molecule has 1 N–H and O–H groups in total. The fourth-order valence-corrected chi connectivity index (χ4v) is 3.66. The molecule has 154 valence electrons. The maximum absolute atomic E-state index is 12.6. The van der Waals surface area contributed by atoms with Crippen molar-refractivity contribution in [2.45, 2.75) is 11.8 Å². The lowest BCUT2D eigenvalue weighted by Gasteiger charge is -2.17. The molecule has 2 rings (SSSR count). The molecule has 0 aliphatic heterocycles. The summed E-state index contributed by atoms with van der Waals surface area (Å²) in [7, 11) is -1.15. The van der Waals surface area contributed by atoms with Crippen LogP contribution in [-0.4, -0.2) is 50.5 Å². The molecule has 29 heavy (non-hydrogen) atoms. The van der Waals surface area contributed by atoms with Crippen LogP contribution in [0.2, 0.25) is 0 Å². The van der Waals surface area contributed by atoms with Crippen LogP contribution in [0.15, 0.2) is 52.5 Å². The summed E-state index contributed by atoms with van der Waals surface area (Å²) in [6, 6.07) is 10.3. The maximum atomic E-state index is 12.6. The summed E-state index contributed by atoms with van der Waals surface area (Å²) in [6.45, 7) is 1.23. The number of aryl methyl sites for hydroxylation is 1. The van der Waals surface area contributed by atoms with E-state index >= 15 is 0 Å². The predicted molar refractivity (Wildman–Crippen MR) is 106 cm³/mol. The van der Waals surface area contributed by atoms with Crippen molar-refractivity contribution in [3.63, 3.8) is 0 Å². The number of nitrogens with zero attached hydrogens (tertiary/aromatic N) is 3. The van der Waals surface area contributed by atoms with Gasteiger partial charge in [0.2, 0.25) is 10.0 Å². The Morgan fingerprint density at radius 2 is 2.00 bits per heavy atom. The lowest BCUT2D eigenvalue weighted by Crippen LogP contribution is -2.36. The van der Waals surface area contributed by atoms with Gasteiger partial charge in [-0.3, -0.25) is 14.9 Å². The number of likely N-dealkylation sites (N-methyl/N-ethyl adjacent to an activating group) is 1. The summed E-state index contributed by atoms with van der Waals surface area (Å²) in [5.41, 5.74) is 2.84. The third-order valence-corrected chi connectivity index (χ3v) is 5.77. The highest BCUT2D eigenvalue weighted by Gasteiger charge is 2.23. The molecule has 0 aliphatic rings. The monoisotopic (exact) mass is 420 g/mol. The lowest BCUT2D eigenvalue weighted by molar-refractivity contribution is -0.385. The highest BCUT2D eigenvalue weighted by Crippen LogP contribution is 2.23. The standard InChI is InChI=1S/C18H20N4O6S/c1-13-10-15(8-9-17(13)28-3)29(26,27)21(2)12-18(23)20-19-11-14-6-4-5-7-16(14)22(24)25/h4-11H,12H2,1-3H3,(H,20,23)/b19-11-. The van der Waals surface area contributed by atoms with Crippen molar-refractivity contribution < 1.29 is 22.9 Å². The van der Waals surface area contributed by atoms with Gasteiger partial charge < -0.3 is 4.74 Å². The van der Waals surface area contributed by atoms with Gasteiger partial charge in [-0.15, -0.1) is 0 Å². The Balaban J connectivity index is 2.05. The van der Waals surface area contributed by atoms with Crippen molar-refractivity contribution in [3.05, 3.63) is 63.7 Å². The van der Waals surface area contributed by atoms with Crippen LogP contribution in [0.1, 0.15) is 11.1 Å². The van der Waals surface area contributed by atoms with E-state index in [1.807, 2.05) is 0 Å². The Bertz CT molecular complexity index is 1050. The topological polar surface area (TPSA) is 131 Å². The number of rotatable bonds is 8. The zero-order chi connectivity index (χ0) is 21.6. The first-order chi connectivity index (χ1) is 13.7. The van der Waals surface area contributed by atoms with Crippen molar-refractivity contribution in [1.82, 2.24) is 9.73 Å². The molecular formula is C18H20N4O6S. The summed E-state index contributed by atoms with van der Waals surface area (Å²) >= 11 is 0. The largest absolute Gasteiger partial charge is 0.496 e. The van der Waals surface area contributed by atoms with Crippen LogP contribution in [0.4, 0.5) is 5.69 Å².